The molecule has 1 N–H and O–H groups in total. The van der Waals surface area contributed by atoms with Gasteiger partial charge in [0.05, 0.1) is 11.3 Å². The standard InChI is InChI=1S/C25H18ClF6N3O3/c26-16-7-14(6-15(8-16)24(27,28)29)23(25(30,31)32)9-19(34-38-23)13-3-4-18-17(5-13)20(36)33-22(18)10-35(11-22)21(37)12-1-2-12/h3-8,12H,1-2,9-11H2,(H,33,36). The zero-order chi connectivity index (χ0) is 27.3. The molecule has 1 unspecified atom stereocenters. The summed E-state index contributed by atoms with van der Waals surface area (Å²) in [4.78, 5) is 31.6. The number of benzene rings is 2. The molecule has 0 bridgehead atoms. The van der Waals surface area contributed by atoms with Crippen molar-refractivity contribution in [2.45, 2.75) is 42.8 Å². The molecule has 1 aliphatic carbocycles. The molecule has 0 radical (unpaired) electrons. The van der Waals surface area contributed by atoms with Crippen molar-refractivity contribution in [3.05, 3.63) is 69.2 Å². The average Bonchev–Trinajstić information content (AvgIpc) is 3.48. The third-order valence-corrected chi connectivity index (χ3v) is 7.72. The quantitative estimate of drug-likeness (QED) is 0.532. The topological polar surface area (TPSA) is 71.0 Å². The number of carbonyl (C=O) groups excluding carboxylic acids is 2. The lowest BCUT2D eigenvalue weighted by Gasteiger charge is -2.48. The SMILES string of the molecule is O=C1NC2(CN(C(=O)C3CC3)C2)c2ccc(C3=NOC(c4cc(Cl)cc(C(F)(F)F)c4)(C(F)(F)F)C3)cc21. The fourth-order valence-corrected chi connectivity index (χ4v) is 5.56. The zero-order valence-corrected chi connectivity index (χ0v) is 20.1. The number of hydrogen-bond acceptors (Lipinski definition) is 4. The Labute approximate surface area is 216 Å². The van der Waals surface area contributed by atoms with E-state index in [-0.39, 0.29) is 28.7 Å². The number of fused-ring (bicyclic) bond motifs is 2. The lowest BCUT2D eigenvalue weighted by Crippen LogP contribution is -2.66. The Morgan fingerprint density at radius 1 is 1.08 bits per heavy atom. The van der Waals surface area contributed by atoms with Crippen molar-refractivity contribution in [1.29, 1.82) is 0 Å². The zero-order valence-electron chi connectivity index (χ0n) is 19.3. The minimum Gasteiger partial charge on any atom is -0.374 e. The van der Waals surface area contributed by atoms with Gasteiger partial charge in [-0.1, -0.05) is 28.9 Å². The number of halogens is 7. The highest BCUT2D eigenvalue weighted by Gasteiger charge is 2.63. The molecule has 6 nitrogen and oxygen atoms in total. The first kappa shape index (κ1) is 25.0. The molecule has 2 aromatic carbocycles. The molecule has 1 spiro atoms. The van der Waals surface area contributed by atoms with Crippen LogP contribution in [0.5, 0.6) is 0 Å². The Morgan fingerprint density at radius 2 is 1.79 bits per heavy atom. The monoisotopic (exact) mass is 557 g/mol. The molecule has 3 heterocycles. The van der Waals surface area contributed by atoms with E-state index in [1.165, 1.54) is 12.1 Å². The number of hydrogen-bond donors (Lipinski definition) is 1. The first-order chi connectivity index (χ1) is 17.7. The summed E-state index contributed by atoms with van der Waals surface area (Å²) in [6.07, 6.45) is -9.30. The normalized spacial score (nSPS) is 24.0. The first-order valence-electron chi connectivity index (χ1n) is 11.7. The van der Waals surface area contributed by atoms with Crippen LogP contribution in [0, 0.1) is 5.92 Å². The highest BCUT2D eigenvalue weighted by atomic mass is 35.5. The maximum Gasteiger partial charge on any atom is 0.435 e. The largest absolute Gasteiger partial charge is 0.435 e. The molecule has 1 saturated carbocycles. The Balaban J connectivity index is 1.30. The Bertz CT molecular complexity index is 1410. The van der Waals surface area contributed by atoms with Crippen LogP contribution in [0.2, 0.25) is 5.02 Å². The number of likely N-dealkylation sites (tertiary alicyclic amines) is 1. The van der Waals surface area contributed by atoms with Crippen LogP contribution in [-0.4, -0.2) is 41.7 Å². The maximum absolute atomic E-state index is 14.3. The minimum absolute atomic E-state index is 0.0345. The van der Waals surface area contributed by atoms with Crippen molar-refractivity contribution in [3.63, 3.8) is 0 Å². The summed E-state index contributed by atoms with van der Waals surface area (Å²) in [6.45, 7) is 0.607. The van der Waals surface area contributed by atoms with Gasteiger partial charge in [-0.3, -0.25) is 9.59 Å². The number of nitrogens with zero attached hydrogens (tertiary/aromatic N) is 2. The first-order valence-corrected chi connectivity index (χ1v) is 12.1. The van der Waals surface area contributed by atoms with Gasteiger partial charge in [-0.05, 0) is 42.7 Å². The minimum atomic E-state index is -5.15. The fourth-order valence-electron chi connectivity index (χ4n) is 5.32. The van der Waals surface area contributed by atoms with Crippen LogP contribution in [0.3, 0.4) is 0 Å². The van der Waals surface area contributed by atoms with Crippen molar-refractivity contribution < 1.29 is 40.8 Å². The molecule has 1 saturated heterocycles. The van der Waals surface area contributed by atoms with Crippen molar-refractivity contribution in [3.8, 4) is 0 Å². The second-order valence-corrected chi connectivity index (χ2v) is 10.6. The Morgan fingerprint density at radius 3 is 2.42 bits per heavy atom. The summed E-state index contributed by atoms with van der Waals surface area (Å²) in [7, 11) is 0. The van der Waals surface area contributed by atoms with Crippen LogP contribution < -0.4 is 5.32 Å². The van der Waals surface area contributed by atoms with Crippen molar-refractivity contribution in [2.75, 3.05) is 13.1 Å². The van der Waals surface area contributed by atoms with Crippen LogP contribution in [-0.2, 0) is 26.9 Å². The van der Waals surface area contributed by atoms with E-state index in [0.29, 0.717) is 30.8 Å². The van der Waals surface area contributed by atoms with E-state index < -0.39 is 52.0 Å². The van der Waals surface area contributed by atoms with E-state index in [9.17, 15) is 35.9 Å². The summed E-state index contributed by atoms with van der Waals surface area (Å²) < 4.78 is 82.9. The molecule has 2 fully saturated rings. The highest BCUT2D eigenvalue weighted by Crippen LogP contribution is 2.51. The third kappa shape index (κ3) is 3.75. The molecule has 6 rings (SSSR count). The van der Waals surface area contributed by atoms with Crippen LogP contribution in [0.25, 0.3) is 0 Å². The average molecular weight is 558 g/mol. The number of nitrogens with one attached hydrogen (secondary N) is 1. The van der Waals surface area contributed by atoms with Crippen LogP contribution in [0.1, 0.15) is 51.9 Å². The number of oxime groups is 1. The lowest BCUT2D eigenvalue weighted by molar-refractivity contribution is -0.276. The van der Waals surface area contributed by atoms with E-state index in [2.05, 4.69) is 10.5 Å². The molecule has 1 atom stereocenters. The lowest BCUT2D eigenvalue weighted by atomic mass is 9.81. The van der Waals surface area contributed by atoms with Crippen molar-refractivity contribution >= 4 is 29.1 Å². The van der Waals surface area contributed by atoms with E-state index >= 15 is 0 Å². The third-order valence-electron chi connectivity index (χ3n) is 7.50. The molecule has 2 amide bonds. The van der Waals surface area contributed by atoms with Crippen molar-refractivity contribution in [2.24, 2.45) is 11.1 Å². The molecule has 13 heteroatoms. The van der Waals surface area contributed by atoms with Gasteiger partial charge in [0.1, 0.15) is 5.54 Å². The van der Waals surface area contributed by atoms with Gasteiger partial charge >= 0.3 is 12.4 Å². The maximum atomic E-state index is 14.3. The van der Waals surface area contributed by atoms with Crippen LogP contribution in [0.15, 0.2) is 41.6 Å². The second kappa shape index (κ2) is 7.87. The van der Waals surface area contributed by atoms with Crippen LogP contribution >= 0.6 is 11.6 Å². The summed E-state index contributed by atoms with van der Waals surface area (Å²) in [5, 5.41) is 5.94. The molecule has 4 aliphatic rings. The number of rotatable bonds is 3. The van der Waals surface area contributed by atoms with Gasteiger partial charge < -0.3 is 15.1 Å². The van der Waals surface area contributed by atoms with Gasteiger partial charge in [0.2, 0.25) is 5.91 Å². The summed E-state index contributed by atoms with van der Waals surface area (Å²) in [6, 6.07) is 6.12. The predicted molar refractivity (Wildman–Crippen MR) is 121 cm³/mol. The van der Waals surface area contributed by atoms with Gasteiger partial charge in [-0.2, -0.15) is 26.3 Å². The second-order valence-electron chi connectivity index (χ2n) is 10.1. The van der Waals surface area contributed by atoms with E-state index in [4.69, 9.17) is 16.4 Å². The molecular weight excluding hydrogens is 540 g/mol. The van der Waals surface area contributed by atoms with Gasteiger partial charge in [0.25, 0.3) is 11.5 Å². The fraction of sp³-hybridized carbons (Fsp3) is 0.400. The predicted octanol–water partition coefficient (Wildman–Crippen LogP) is 5.13. The smallest absolute Gasteiger partial charge is 0.374 e. The van der Waals surface area contributed by atoms with E-state index in [1.54, 1.807) is 11.0 Å². The van der Waals surface area contributed by atoms with Gasteiger partial charge in [0, 0.05) is 47.1 Å². The van der Waals surface area contributed by atoms with Gasteiger partial charge in [0.15, 0.2) is 0 Å². The van der Waals surface area contributed by atoms with E-state index in [1.807, 2.05) is 0 Å². The molecule has 38 heavy (non-hydrogen) atoms. The molecule has 2 aromatic rings. The Kier molecular flexibility index (Phi) is 5.18. The Hall–Kier alpha value is -3.28. The summed E-state index contributed by atoms with van der Waals surface area (Å²) in [5.74, 6) is -0.357. The van der Waals surface area contributed by atoms with Crippen LogP contribution in [0.4, 0.5) is 26.3 Å². The molecular formula is C25H18ClF6N3O3. The van der Waals surface area contributed by atoms with Gasteiger partial charge in [-0.15, -0.1) is 0 Å². The molecule has 0 aromatic heterocycles. The summed E-state index contributed by atoms with van der Waals surface area (Å²) >= 11 is 5.75. The summed E-state index contributed by atoms with van der Waals surface area (Å²) in [5.41, 5.74) is -5.32. The number of alkyl halides is 6. The van der Waals surface area contributed by atoms with E-state index in [0.717, 1.165) is 18.9 Å². The molecule has 200 valence electrons. The number of carbonyl (C=O) groups is 2. The van der Waals surface area contributed by atoms with Gasteiger partial charge in [-0.25, -0.2) is 0 Å². The molecule has 3 aliphatic heterocycles. The van der Waals surface area contributed by atoms with Crippen molar-refractivity contribution in [1.82, 2.24) is 10.2 Å². The number of amides is 2. The highest BCUT2D eigenvalue weighted by molar-refractivity contribution is 6.30.